The summed E-state index contributed by atoms with van der Waals surface area (Å²) in [6.45, 7) is 11.4. The molecule has 9 aromatic rings. The average molecular weight is 796 g/mol. The maximum atomic E-state index is 2.55. The quantitative estimate of drug-likeness (QED) is 0.155. The average Bonchev–Trinajstić information content (AvgIpc) is 3.73. The highest BCUT2D eigenvalue weighted by atomic mass is 15.1. The molecule has 0 bridgehead atoms. The first-order valence-corrected chi connectivity index (χ1v) is 21.9. The summed E-state index contributed by atoms with van der Waals surface area (Å²) in [5.74, 6) is 0. The first-order chi connectivity index (χ1) is 30.2. The van der Waals surface area contributed by atoms with Gasteiger partial charge in [-0.05, 0) is 141 Å². The molecule has 1 heteroatoms. The molecule has 0 unspecified atom stereocenters. The van der Waals surface area contributed by atoms with E-state index in [2.05, 4.69) is 246 Å². The lowest BCUT2D eigenvalue weighted by Crippen LogP contribution is -2.28. The van der Waals surface area contributed by atoms with E-state index in [1.807, 2.05) is 0 Å². The molecule has 0 atom stereocenters. The van der Waals surface area contributed by atoms with Crippen molar-refractivity contribution in [1.29, 1.82) is 0 Å². The second-order valence-corrected chi connectivity index (χ2v) is 17.9. The fraction of sp³-hybridized carbons (Fsp3) is 0.115. The maximum Gasteiger partial charge on any atom is 0.0714 e. The molecule has 0 spiro atoms. The summed E-state index contributed by atoms with van der Waals surface area (Å²) in [5, 5.41) is 0. The number of fused-ring (bicyclic) bond motifs is 6. The molecule has 0 radical (unpaired) electrons. The second kappa shape index (κ2) is 14.5. The van der Waals surface area contributed by atoms with Gasteiger partial charge in [-0.1, -0.05) is 189 Å². The Morgan fingerprint density at radius 2 is 0.855 bits per heavy atom. The van der Waals surface area contributed by atoms with E-state index in [1.54, 1.807) is 0 Å². The van der Waals surface area contributed by atoms with Gasteiger partial charge in [-0.25, -0.2) is 0 Å². The lowest BCUT2D eigenvalue weighted by Gasteiger charge is -2.35. The number of rotatable bonds is 7. The van der Waals surface area contributed by atoms with Crippen LogP contribution in [0.2, 0.25) is 0 Å². The van der Waals surface area contributed by atoms with Gasteiger partial charge in [-0.3, -0.25) is 0 Å². The van der Waals surface area contributed by atoms with Crippen LogP contribution in [0, 0.1) is 20.8 Å². The van der Waals surface area contributed by atoms with Crippen molar-refractivity contribution in [3.05, 3.63) is 256 Å². The van der Waals surface area contributed by atoms with E-state index >= 15 is 0 Å². The van der Waals surface area contributed by atoms with Crippen molar-refractivity contribution < 1.29 is 0 Å². The van der Waals surface area contributed by atoms with Crippen molar-refractivity contribution in [3.8, 4) is 44.5 Å². The normalized spacial score (nSPS) is 13.8. The van der Waals surface area contributed by atoms with Crippen LogP contribution in [0.3, 0.4) is 0 Å². The fourth-order valence-corrected chi connectivity index (χ4v) is 10.9. The van der Waals surface area contributed by atoms with Gasteiger partial charge < -0.3 is 4.90 Å². The smallest absolute Gasteiger partial charge is 0.0714 e. The summed E-state index contributed by atoms with van der Waals surface area (Å²) < 4.78 is 0. The van der Waals surface area contributed by atoms with Crippen LogP contribution in [0.4, 0.5) is 17.1 Å². The van der Waals surface area contributed by atoms with Crippen LogP contribution in [0.5, 0.6) is 0 Å². The Labute approximate surface area is 366 Å². The molecule has 62 heavy (non-hydrogen) atoms. The van der Waals surface area contributed by atoms with E-state index in [1.165, 1.54) is 94.6 Å². The van der Waals surface area contributed by atoms with Crippen LogP contribution in [0.15, 0.2) is 206 Å². The molecular formula is C61H49N. The second-order valence-electron chi connectivity index (χ2n) is 17.9. The van der Waals surface area contributed by atoms with Gasteiger partial charge in [0.05, 0.1) is 11.1 Å². The highest BCUT2D eigenvalue weighted by Crippen LogP contribution is 2.58. The van der Waals surface area contributed by atoms with Gasteiger partial charge in [0.1, 0.15) is 0 Å². The Hall–Kier alpha value is -7.22. The number of aryl methyl sites for hydroxylation is 3. The molecule has 0 amide bonds. The third-order valence-corrected chi connectivity index (χ3v) is 13.9. The zero-order chi connectivity index (χ0) is 42.2. The van der Waals surface area contributed by atoms with Crippen LogP contribution in [-0.4, -0.2) is 0 Å². The largest absolute Gasteiger partial charge is 0.310 e. The number of nitrogens with zero attached hydrogens (tertiary/aromatic N) is 1. The van der Waals surface area contributed by atoms with E-state index < -0.39 is 5.41 Å². The van der Waals surface area contributed by atoms with Gasteiger partial charge in [-0.15, -0.1) is 0 Å². The zero-order valence-electron chi connectivity index (χ0n) is 36.1. The third kappa shape index (κ3) is 5.68. The summed E-state index contributed by atoms with van der Waals surface area (Å²) in [5.41, 5.74) is 24.4. The van der Waals surface area contributed by atoms with E-state index in [0.717, 1.165) is 17.1 Å². The summed E-state index contributed by atoms with van der Waals surface area (Å²) in [7, 11) is 0. The summed E-state index contributed by atoms with van der Waals surface area (Å²) in [4.78, 5) is 2.55. The van der Waals surface area contributed by atoms with Crippen molar-refractivity contribution in [2.24, 2.45) is 0 Å². The lowest BCUT2D eigenvalue weighted by atomic mass is 9.67. The van der Waals surface area contributed by atoms with E-state index in [4.69, 9.17) is 0 Å². The molecule has 0 heterocycles. The predicted molar refractivity (Wildman–Crippen MR) is 261 cm³/mol. The Bertz CT molecular complexity index is 3110. The molecule has 0 aliphatic heterocycles. The van der Waals surface area contributed by atoms with Crippen LogP contribution >= 0.6 is 0 Å². The Kier molecular flexibility index (Phi) is 8.81. The lowest BCUT2D eigenvalue weighted by molar-refractivity contribution is 0.660. The summed E-state index contributed by atoms with van der Waals surface area (Å²) >= 11 is 0. The minimum atomic E-state index is -0.525. The molecule has 0 fully saturated rings. The van der Waals surface area contributed by atoms with Crippen molar-refractivity contribution >= 4 is 17.1 Å². The topological polar surface area (TPSA) is 3.24 Å². The highest BCUT2D eigenvalue weighted by molar-refractivity contribution is 5.96. The van der Waals surface area contributed by atoms with Gasteiger partial charge in [0.15, 0.2) is 0 Å². The molecule has 9 aromatic carbocycles. The van der Waals surface area contributed by atoms with E-state index in [0.29, 0.717) is 0 Å². The molecule has 0 aromatic heterocycles. The summed E-state index contributed by atoms with van der Waals surface area (Å²) in [6.07, 6.45) is 0. The summed E-state index contributed by atoms with van der Waals surface area (Å²) in [6, 6.07) is 77.4. The Morgan fingerprint density at radius 3 is 1.48 bits per heavy atom. The standard InChI is InChI=1S/C61H49N/c1-40-27-29-43(30-28-40)44-31-36-58(53(37-44)59-41(2)17-16-18-42(59)3)62(47-32-34-51-49-23-12-14-25-54(49)60(4,5)56(51)38-47)48-33-35-52-50-24-13-15-26-55(50)61(57(52)39-48,45-19-8-6-9-20-45)46-21-10-7-11-22-46/h6-39H,1-5H3. The maximum absolute atomic E-state index is 2.55. The highest BCUT2D eigenvalue weighted by Gasteiger charge is 2.46. The van der Waals surface area contributed by atoms with E-state index in [9.17, 15) is 0 Å². The van der Waals surface area contributed by atoms with Gasteiger partial charge in [-0.2, -0.15) is 0 Å². The van der Waals surface area contributed by atoms with Crippen molar-refractivity contribution in [2.75, 3.05) is 4.90 Å². The number of hydrogen-bond donors (Lipinski definition) is 0. The molecular weight excluding hydrogens is 747 g/mol. The predicted octanol–water partition coefficient (Wildman–Crippen LogP) is 16.1. The van der Waals surface area contributed by atoms with Gasteiger partial charge in [0.2, 0.25) is 0 Å². The van der Waals surface area contributed by atoms with Crippen LogP contribution in [-0.2, 0) is 10.8 Å². The van der Waals surface area contributed by atoms with Crippen molar-refractivity contribution in [1.82, 2.24) is 0 Å². The monoisotopic (exact) mass is 795 g/mol. The molecule has 11 rings (SSSR count). The van der Waals surface area contributed by atoms with Gasteiger partial charge in [0.25, 0.3) is 0 Å². The van der Waals surface area contributed by atoms with Crippen LogP contribution < -0.4 is 4.90 Å². The number of benzene rings is 9. The molecule has 1 nitrogen and oxygen atoms in total. The Morgan fingerprint density at radius 1 is 0.355 bits per heavy atom. The minimum Gasteiger partial charge on any atom is -0.310 e. The number of hydrogen-bond acceptors (Lipinski definition) is 1. The zero-order valence-corrected chi connectivity index (χ0v) is 36.1. The van der Waals surface area contributed by atoms with Crippen molar-refractivity contribution in [2.45, 2.75) is 45.4 Å². The van der Waals surface area contributed by atoms with Crippen LogP contribution in [0.1, 0.15) is 63.9 Å². The van der Waals surface area contributed by atoms with Gasteiger partial charge in [0, 0.05) is 22.4 Å². The molecule has 2 aliphatic carbocycles. The fourth-order valence-electron chi connectivity index (χ4n) is 10.9. The molecule has 0 saturated heterocycles. The molecule has 0 saturated carbocycles. The first kappa shape index (κ1) is 37.8. The van der Waals surface area contributed by atoms with E-state index in [-0.39, 0.29) is 5.41 Å². The Balaban J connectivity index is 1.22. The van der Waals surface area contributed by atoms with Gasteiger partial charge >= 0.3 is 0 Å². The first-order valence-electron chi connectivity index (χ1n) is 21.9. The molecule has 298 valence electrons. The van der Waals surface area contributed by atoms with Crippen molar-refractivity contribution in [3.63, 3.8) is 0 Å². The van der Waals surface area contributed by atoms with Crippen LogP contribution in [0.25, 0.3) is 44.5 Å². The minimum absolute atomic E-state index is 0.159. The number of anilines is 3. The molecule has 0 N–H and O–H groups in total. The third-order valence-electron chi connectivity index (χ3n) is 13.9. The SMILES string of the molecule is Cc1ccc(-c2ccc(N(c3ccc4c(c3)C(C)(C)c3ccccc3-4)c3ccc4c(c3)C(c3ccccc3)(c3ccccc3)c3ccccc3-4)c(-c3c(C)cccc3C)c2)cc1. The molecule has 2 aliphatic rings.